The average Bonchev–Trinajstić information content (AvgIpc) is 2.83. The van der Waals surface area contributed by atoms with Gasteiger partial charge in [0.05, 0.1) is 6.54 Å². The lowest BCUT2D eigenvalue weighted by atomic mass is 10.3. The van der Waals surface area contributed by atoms with Crippen LogP contribution in [0.4, 0.5) is 0 Å². The predicted molar refractivity (Wildman–Crippen MR) is 74.9 cm³/mol. The molecule has 0 spiro atoms. The first-order valence-electron chi connectivity index (χ1n) is 6.55. The van der Waals surface area contributed by atoms with Gasteiger partial charge >= 0.3 is 0 Å². The first-order chi connectivity index (χ1) is 9.38. The molecule has 3 nitrogen and oxygen atoms in total. The summed E-state index contributed by atoms with van der Waals surface area (Å²) in [7, 11) is 0. The summed E-state index contributed by atoms with van der Waals surface area (Å²) in [6.07, 6.45) is 0. The molecule has 2 aromatic carbocycles. The molecule has 0 saturated carbocycles. The molecule has 0 unspecified atom stereocenters. The Morgan fingerprint density at radius 1 is 1.00 bits per heavy atom. The second-order valence-electron chi connectivity index (χ2n) is 4.43. The molecular weight excluding hydrogens is 236 g/mol. The van der Waals surface area contributed by atoms with Crippen molar-refractivity contribution in [2.75, 3.05) is 0 Å². The minimum Gasteiger partial charge on any atom is -0.481 e. The van der Waals surface area contributed by atoms with Gasteiger partial charge in [-0.05, 0) is 31.2 Å². The van der Waals surface area contributed by atoms with E-state index in [0.29, 0.717) is 6.61 Å². The maximum absolute atomic E-state index is 5.81. The lowest BCUT2D eigenvalue weighted by molar-refractivity contribution is -0.676. The van der Waals surface area contributed by atoms with E-state index in [0.717, 1.165) is 23.6 Å². The lowest BCUT2D eigenvalue weighted by Crippen LogP contribution is -2.36. The number of nitrogens with one attached hydrogen (secondary N) is 1. The van der Waals surface area contributed by atoms with Crippen LogP contribution in [0.3, 0.4) is 0 Å². The predicted octanol–water partition coefficient (Wildman–Crippen LogP) is 3.05. The van der Waals surface area contributed by atoms with Crippen LogP contribution in [0.25, 0.3) is 11.0 Å². The molecule has 0 amide bonds. The summed E-state index contributed by atoms with van der Waals surface area (Å²) in [4.78, 5) is 3.42. The summed E-state index contributed by atoms with van der Waals surface area (Å²) in [5.74, 6) is 1.98. The SMILES string of the molecule is CC[n+]1c(COc2ccccc2)[nH]c2ccccc21. The lowest BCUT2D eigenvalue weighted by Gasteiger charge is -2.03. The minimum absolute atomic E-state index is 0.548. The molecule has 3 rings (SSSR count). The number of rotatable bonds is 4. The molecule has 19 heavy (non-hydrogen) atoms. The van der Waals surface area contributed by atoms with Gasteiger partial charge in [-0.2, -0.15) is 0 Å². The van der Waals surface area contributed by atoms with E-state index in [1.54, 1.807) is 0 Å². The van der Waals surface area contributed by atoms with Gasteiger partial charge in [-0.25, -0.2) is 9.55 Å². The Morgan fingerprint density at radius 3 is 2.53 bits per heavy atom. The Balaban J connectivity index is 1.88. The smallest absolute Gasteiger partial charge is 0.293 e. The first kappa shape index (κ1) is 11.8. The molecule has 0 saturated heterocycles. The summed E-state index contributed by atoms with van der Waals surface area (Å²) >= 11 is 0. The Kier molecular flexibility index (Phi) is 3.19. The quantitative estimate of drug-likeness (QED) is 0.711. The van der Waals surface area contributed by atoms with Gasteiger partial charge in [0.25, 0.3) is 5.82 Å². The standard InChI is InChI=1S/C16H16N2O/c1-2-18-15-11-7-6-10-14(15)17-16(18)12-19-13-8-4-3-5-9-13/h3-11H,2,12H2,1H3/p+1. The molecule has 96 valence electrons. The van der Waals surface area contributed by atoms with Crippen LogP contribution in [0.1, 0.15) is 12.7 Å². The number of ether oxygens (including phenoxy) is 1. The fourth-order valence-corrected chi connectivity index (χ4v) is 2.33. The van der Waals surface area contributed by atoms with Gasteiger partial charge in [-0.1, -0.05) is 30.3 Å². The normalized spacial score (nSPS) is 10.8. The number of aryl methyl sites for hydroxylation is 1. The zero-order valence-corrected chi connectivity index (χ0v) is 11.0. The number of aromatic amines is 1. The van der Waals surface area contributed by atoms with E-state index in [2.05, 4.69) is 34.7 Å². The number of fused-ring (bicyclic) bond motifs is 1. The zero-order valence-electron chi connectivity index (χ0n) is 11.0. The average molecular weight is 253 g/mol. The van der Waals surface area contributed by atoms with Gasteiger partial charge in [-0.15, -0.1) is 0 Å². The van der Waals surface area contributed by atoms with Crippen LogP contribution in [0, 0.1) is 0 Å². The fraction of sp³-hybridized carbons (Fsp3) is 0.188. The van der Waals surface area contributed by atoms with E-state index in [1.165, 1.54) is 5.52 Å². The Morgan fingerprint density at radius 2 is 1.74 bits per heavy atom. The van der Waals surface area contributed by atoms with Crippen molar-refractivity contribution < 1.29 is 9.30 Å². The number of para-hydroxylation sites is 3. The third-order valence-electron chi connectivity index (χ3n) is 3.23. The number of imidazole rings is 1. The van der Waals surface area contributed by atoms with Crippen molar-refractivity contribution in [2.24, 2.45) is 0 Å². The zero-order chi connectivity index (χ0) is 13.1. The van der Waals surface area contributed by atoms with Gasteiger partial charge in [0.1, 0.15) is 5.75 Å². The summed E-state index contributed by atoms with van der Waals surface area (Å²) < 4.78 is 8.06. The van der Waals surface area contributed by atoms with Crippen LogP contribution in [-0.2, 0) is 13.2 Å². The van der Waals surface area contributed by atoms with Crippen molar-refractivity contribution in [3.8, 4) is 5.75 Å². The summed E-state index contributed by atoms with van der Waals surface area (Å²) in [5.41, 5.74) is 2.37. The number of H-pyrrole nitrogens is 1. The maximum atomic E-state index is 5.81. The number of hydrogen-bond donors (Lipinski definition) is 1. The van der Waals surface area contributed by atoms with Crippen LogP contribution in [0.2, 0.25) is 0 Å². The van der Waals surface area contributed by atoms with E-state index < -0.39 is 0 Å². The Bertz CT molecular complexity index is 674. The summed E-state index contributed by atoms with van der Waals surface area (Å²) in [6, 6.07) is 18.2. The highest BCUT2D eigenvalue weighted by Gasteiger charge is 2.16. The number of hydrogen-bond acceptors (Lipinski definition) is 1. The van der Waals surface area contributed by atoms with Crippen molar-refractivity contribution in [3.63, 3.8) is 0 Å². The minimum atomic E-state index is 0.548. The molecule has 0 aliphatic rings. The third kappa shape index (κ3) is 2.32. The molecule has 1 N–H and O–H groups in total. The van der Waals surface area contributed by atoms with E-state index in [9.17, 15) is 0 Å². The molecule has 0 bridgehead atoms. The van der Waals surface area contributed by atoms with Crippen molar-refractivity contribution in [2.45, 2.75) is 20.1 Å². The van der Waals surface area contributed by atoms with Crippen molar-refractivity contribution in [1.29, 1.82) is 0 Å². The molecule has 0 atom stereocenters. The summed E-state index contributed by atoms with van der Waals surface area (Å²) in [6.45, 7) is 3.62. The van der Waals surface area contributed by atoms with Crippen LogP contribution >= 0.6 is 0 Å². The number of aromatic nitrogens is 2. The van der Waals surface area contributed by atoms with Gasteiger partial charge in [0.15, 0.2) is 17.6 Å². The molecule has 0 aliphatic heterocycles. The molecule has 0 aliphatic carbocycles. The van der Waals surface area contributed by atoms with E-state index >= 15 is 0 Å². The van der Waals surface area contributed by atoms with Gasteiger partial charge in [0, 0.05) is 0 Å². The van der Waals surface area contributed by atoms with Crippen molar-refractivity contribution in [3.05, 3.63) is 60.4 Å². The second-order valence-corrected chi connectivity index (χ2v) is 4.43. The van der Waals surface area contributed by atoms with Gasteiger partial charge < -0.3 is 4.74 Å². The van der Waals surface area contributed by atoms with Crippen LogP contribution in [0.15, 0.2) is 54.6 Å². The third-order valence-corrected chi connectivity index (χ3v) is 3.23. The Hall–Kier alpha value is -2.29. The molecule has 0 radical (unpaired) electrons. The summed E-state index contributed by atoms with van der Waals surface area (Å²) in [5, 5.41) is 0. The topological polar surface area (TPSA) is 28.9 Å². The van der Waals surface area contributed by atoms with E-state index in [1.807, 2.05) is 36.4 Å². The first-order valence-corrected chi connectivity index (χ1v) is 6.55. The van der Waals surface area contributed by atoms with Crippen LogP contribution < -0.4 is 9.30 Å². The van der Waals surface area contributed by atoms with Gasteiger partial charge in [0.2, 0.25) is 0 Å². The fourth-order valence-electron chi connectivity index (χ4n) is 2.33. The molecule has 0 fully saturated rings. The highest BCUT2D eigenvalue weighted by atomic mass is 16.5. The molecule has 1 aromatic heterocycles. The second kappa shape index (κ2) is 5.14. The van der Waals surface area contributed by atoms with Crippen LogP contribution in [0.5, 0.6) is 5.75 Å². The van der Waals surface area contributed by atoms with Gasteiger partial charge in [-0.3, -0.25) is 0 Å². The molecule has 1 heterocycles. The number of benzene rings is 2. The molecule has 3 heteroatoms. The van der Waals surface area contributed by atoms with E-state index in [4.69, 9.17) is 4.74 Å². The monoisotopic (exact) mass is 253 g/mol. The highest BCUT2D eigenvalue weighted by molar-refractivity contribution is 5.70. The van der Waals surface area contributed by atoms with E-state index in [-0.39, 0.29) is 0 Å². The van der Waals surface area contributed by atoms with Crippen LogP contribution in [-0.4, -0.2) is 4.98 Å². The largest absolute Gasteiger partial charge is 0.481 e. The molecular formula is C16H17N2O+. The molecule has 3 aromatic rings. The maximum Gasteiger partial charge on any atom is 0.293 e. The van der Waals surface area contributed by atoms with Crippen molar-refractivity contribution in [1.82, 2.24) is 4.98 Å². The number of nitrogens with zero attached hydrogens (tertiary/aromatic N) is 1. The van der Waals surface area contributed by atoms with Crippen molar-refractivity contribution >= 4 is 11.0 Å². The Labute approximate surface area is 112 Å². The highest BCUT2D eigenvalue weighted by Crippen LogP contribution is 2.13.